The number of rotatable bonds is 12. The zero-order valence-electron chi connectivity index (χ0n) is 32.8. The number of benzene rings is 4. The number of methoxy groups -OCH3 is 2. The van der Waals surface area contributed by atoms with E-state index in [0.717, 1.165) is 79.9 Å². The maximum Gasteiger partial charge on any atom is 0.286 e. The molecule has 8 rings (SSSR count). The number of ether oxygens (including phenoxy) is 4. The van der Waals surface area contributed by atoms with E-state index in [9.17, 15) is 19.2 Å². The van der Waals surface area contributed by atoms with Crippen LogP contribution < -0.4 is 29.6 Å². The van der Waals surface area contributed by atoms with Crippen LogP contribution in [0, 0.1) is 0 Å². The van der Waals surface area contributed by atoms with Crippen LogP contribution in [-0.4, -0.2) is 65.1 Å². The van der Waals surface area contributed by atoms with Gasteiger partial charge in [0, 0.05) is 26.2 Å². The highest BCUT2D eigenvalue weighted by molar-refractivity contribution is 8.16. The number of carbonyl (C=O) groups is 4. The van der Waals surface area contributed by atoms with Crippen molar-refractivity contribution >= 4 is 67.9 Å². The molecule has 16 heteroatoms. The molecule has 2 aromatic heterocycles. The summed E-state index contributed by atoms with van der Waals surface area (Å²) in [6.45, 7) is 4.22. The highest BCUT2D eigenvalue weighted by Crippen LogP contribution is 2.36. The molecule has 0 spiro atoms. The van der Waals surface area contributed by atoms with Gasteiger partial charge in [-0.15, -0.1) is 0 Å². The molecule has 2 aliphatic heterocycles. The molecule has 4 heterocycles. The Morgan fingerprint density at radius 1 is 0.569 bits per heavy atom. The number of imide groups is 2. The Bertz CT molecular complexity index is 2360. The van der Waals surface area contributed by atoms with Crippen LogP contribution in [0.25, 0.3) is 22.1 Å². The fourth-order valence-electron chi connectivity index (χ4n) is 6.67. The number of aryl methyl sites for hydroxylation is 2. The third-order valence-corrected chi connectivity index (χ3v) is 12.2. The van der Waals surface area contributed by atoms with Crippen molar-refractivity contribution in [3.8, 4) is 23.0 Å². The molecule has 2 aliphatic rings. The smallest absolute Gasteiger partial charge is 0.286 e. The number of hydrogen-bond donors (Lipinski definition) is 2. The Balaban J connectivity index is 0.000000177. The molecule has 300 valence electrons. The lowest BCUT2D eigenvalue weighted by Gasteiger charge is -2.18. The Labute approximate surface area is 343 Å². The highest BCUT2D eigenvalue weighted by Gasteiger charge is 2.44. The minimum absolute atomic E-state index is 0.244. The molecule has 2 N–H and O–H groups in total. The van der Waals surface area contributed by atoms with Gasteiger partial charge in [0.25, 0.3) is 10.5 Å². The quantitative estimate of drug-likeness (QED) is 0.132. The summed E-state index contributed by atoms with van der Waals surface area (Å²) < 4.78 is 24.8. The SMILES string of the molecule is COc1ccc2nc(COc3ccc(C[C@@]4(C)SC(=O)NC4=O)cc3)n(C)c2c1.COc1ccc2nc(COc3ccc(C[C@]4(C)SC(=O)NC4=O)cc3)n(C)c2c1. The van der Waals surface area contributed by atoms with Gasteiger partial charge < -0.3 is 28.1 Å². The summed E-state index contributed by atoms with van der Waals surface area (Å²) in [4.78, 5) is 56.1. The summed E-state index contributed by atoms with van der Waals surface area (Å²) in [7, 11) is 7.17. The fraction of sp³-hybridized carbons (Fsp3) is 0.286. The van der Waals surface area contributed by atoms with Gasteiger partial charge in [0.2, 0.25) is 11.8 Å². The molecule has 0 bridgehead atoms. The van der Waals surface area contributed by atoms with Crippen LogP contribution in [0.3, 0.4) is 0 Å². The van der Waals surface area contributed by atoms with E-state index in [-0.39, 0.29) is 22.3 Å². The lowest BCUT2D eigenvalue weighted by molar-refractivity contribution is -0.122. The molecule has 4 aromatic carbocycles. The van der Waals surface area contributed by atoms with Crippen LogP contribution in [0.15, 0.2) is 84.9 Å². The summed E-state index contributed by atoms with van der Waals surface area (Å²) >= 11 is 2.08. The molecule has 14 nitrogen and oxygen atoms in total. The van der Waals surface area contributed by atoms with Crippen molar-refractivity contribution in [2.45, 2.75) is 49.4 Å². The number of thioether (sulfide) groups is 2. The summed E-state index contributed by atoms with van der Waals surface area (Å²) in [5.41, 5.74) is 5.66. The molecule has 0 aliphatic carbocycles. The maximum atomic E-state index is 12.0. The number of imidazole rings is 2. The van der Waals surface area contributed by atoms with Crippen LogP contribution in [0.1, 0.15) is 36.6 Å². The minimum Gasteiger partial charge on any atom is -0.497 e. The molecule has 2 saturated heterocycles. The van der Waals surface area contributed by atoms with Crippen molar-refractivity contribution in [3.05, 3.63) is 108 Å². The van der Waals surface area contributed by atoms with Crippen LogP contribution in [-0.2, 0) is 49.7 Å². The van der Waals surface area contributed by atoms with Crippen LogP contribution in [0.2, 0.25) is 0 Å². The Kier molecular flexibility index (Phi) is 11.4. The zero-order valence-corrected chi connectivity index (χ0v) is 34.4. The molecular weight excluding hydrogens is 781 g/mol. The van der Waals surface area contributed by atoms with E-state index in [1.54, 1.807) is 28.1 Å². The third kappa shape index (κ3) is 8.62. The predicted molar refractivity (Wildman–Crippen MR) is 223 cm³/mol. The Hall–Kier alpha value is -6.00. The molecule has 2 fully saturated rings. The van der Waals surface area contributed by atoms with Gasteiger partial charge in [-0.2, -0.15) is 0 Å². The van der Waals surface area contributed by atoms with Gasteiger partial charge in [-0.3, -0.25) is 29.8 Å². The van der Waals surface area contributed by atoms with E-state index in [2.05, 4.69) is 20.6 Å². The first-order valence-electron chi connectivity index (χ1n) is 18.3. The second kappa shape index (κ2) is 16.5. The van der Waals surface area contributed by atoms with Crippen molar-refractivity contribution in [2.75, 3.05) is 14.2 Å². The lowest BCUT2D eigenvalue weighted by atomic mass is 9.99. The Morgan fingerprint density at radius 3 is 1.26 bits per heavy atom. The lowest BCUT2D eigenvalue weighted by Crippen LogP contribution is -2.35. The van der Waals surface area contributed by atoms with Crippen molar-refractivity contribution in [3.63, 3.8) is 0 Å². The summed E-state index contributed by atoms with van der Waals surface area (Å²) in [6.07, 6.45) is 0.949. The minimum atomic E-state index is -0.770. The van der Waals surface area contributed by atoms with Gasteiger partial charge in [-0.25, -0.2) is 9.97 Å². The van der Waals surface area contributed by atoms with Crippen molar-refractivity contribution < 1.29 is 38.1 Å². The molecule has 0 unspecified atom stereocenters. The summed E-state index contributed by atoms with van der Waals surface area (Å²) in [5.74, 6) is 4.12. The van der Waals surface area contributed by atoms with Gasteiger partial charge >= 0.3 is 0 Å². The normalized spacial score (nSPS) is 18.9. The number of nitrogens with one attached hydrogen (secondary N) is 2. The van der Waals surface area contributed by atoms with E-state index < -0.39 is 9.49 Å². The van der Waals surface area contributed by atoms with Gasteiger partial charge in [0.05, 0.1) is 36.3 Å². The molecule has 2 atom stereocenters. The topological polar surface area (TPSA) is 165 Å². The molecular formula is C42H42N6O8S2. The second-order valence-electron chi connectivity index (χ2n) is 14.3. The van der Waals surface area contributed by atoms with E-state index in [1.165, 1.54) is 0 Å². The van der Waals surface area contributed by atoms with E-state index >= 15 is 0 Å². The van der Waals surface area contributed by atoms with Gasteiger partial charge in [0.1, 0.15) is 57.4 Å². The predicted octanol–water partition coefficient (Wildman–Crippen LogP) is 6.89. The summed E-state index contributed by atoms with van der Waals surface area (Å²) in [6, 6.07) is 26.6. The molecule has 6 aromatic rings. The molecule has 4 amide bonds. The maximum absolute atomic E-state index is 12.0. The van der Waals surface area contributed by atoms with Crippen molar-refractivity contribution in [2.24, 2.45) is 14.1 Å². The largest absolute Gasteiger partial charge is 0.497 e. The number of aromatic nitrogens is 4. The van der Waals surface area contributed by atoms with Crippen molar-refractivity contribution in [1.29, 1.82) is 0 Å². The number of amides is 4. The average Bonchev–Trinajstić information content (AvgIpc) is 3.87. The van der Waals surface area contributed by atoms with Crippen LogP contribution >= 0.6 is 23.5 Å². The van der Waals surface area contributed by atoms with E-state index in [1.807, 2.05) is 108 Å². The highest BCUT2D eigenvalue weighted by atomic mass is 32.2. The third-order valence-electron chi connectivity index (χ3n) is 10.1. The Morgan fingerprint density at radius 2 is 0.931 bits per heavy atom. The second-order valence-corrected chi connectivity index (χ2v) is 17.2. The fourth-order valence-corrected chi connectivity index (χ4v) is 8.54. The van der Waals surface area contributed by atoms with E-state index in [0.29, 0.717) is 37.6 Å². The van der Waals surface area contributed by atoms with E-state index in [4.69, 9.17) is 18.9 Å². The van der Waals surface area contributed by atoms with Gasteiger partial charge in [-0.1, -0.05) is 24.3 Å². The summed E-state index contributed by atoms with van der Waals surface area (Å²) in [5, 5.41) is 4.10. The number of carbonyl (C=O) groups excluding carboxylic acids is 4. The first kappa shape index (κ1) is 40.2. The molecule has 0 saturated carbocycles. The number of nitrogens with zero attached hydrogens (tertiary/aromatic N) is 4. The van der Waals surface area contributed by atoms with Gasteiger partial charge in [0.15, 0.2) is 0 Å². The molecule has 58 heavy (non-hydrogen) atoms. The standard InChI is InChI=1S/2C21H21N3O4S/c2*1-21(19(25)23-20(26)29-21)11-13-4-6-14(7-5-13)28-12-18-22-16-9-8-15(27-3)10-17(16)24(18)2/h2*4-10H,11-12H2,1-3H3,(H,23,25,26)/t2*21-/m10/s1. The monoisotopic (exact) mass is 822 g/mol. The van der Waals surface area contributed by atoms with Crippen LogP contribution in [0.4, 0.5) is 9.59 Å². The first-order valence-corrected chi connectivity index (χ1v) is 19.9. The molecule has 0 radical (unpaired) electrons. The zero-order chi connectivity index (χ0) is 41.2. The number of hydrogen-bond acceptors (Lipinski definition) is 12. The van der Waals surface area contributed by atoms with Crippen molar-refractivity contribution in [1.82, 2.24) is 29.7 Å². The average molecular weight is 823 g/mol. The van der Waals surface area contributed by atoms with Gasteiger partial charge in [-0.05, 0) is 110 Å². The first-order chi connectivity index (χ1) is 27.8. The van der Waals surface area contributed by atoms with Crippen LogP contribution in [0.5, 0.6) is 23.0 Å². The number of fused-ring (bicyclic) bond motifs is 2.